The van der Waals surface area contributed by atoms with Crippen molar-refractivity contribution in [2.45, 2.75) is 32.1 Å². The van der Waals surface area contributed by atoms with Gasteiger partial charge in [0.25, 0.3) is 0 Å². The van der Waals surface area contributed by atoms with Gasteiger partial charge in [-0.2, -0.15) is 0 Å². The molecule has 0 fully saturated rings. The second-order valence-corrected chi connectivity index (χ2v) is 6.60. The molecule has 0 unspecified atom stereocenters. The van der Waals surface area contributed by atoms with Crippen LogP contribution in [-0.2, 0) is 20.4 Å². The number of sulfone groups is 1. The second kappa shape index (κ2) is 6.65. The standard InChI is InChI=1S/C13H18FNO3S/c1-3-10(2)15-13(16)9-19(17,18)8-11-4-6-12(14)7-5-11/h4-7,10H,3,8-9H2,1-2H3,(H,15,16)/t10-/m0/s1. The van der Waals surface area contributed by atoms with Crippen LogP contribution in [0.25, 0.3) is 0 Å². The molecule has 1 rings (SSSR count). The lowest BCUT2D eigenvalue weighted by atomic mass is 10.2. The molecule has 1 N–H and O–H groups in total. The van der Waals surface area contributed by atoms with E-state index in [-0.39, 0.29) is 11.8 Å². The van der Waals surface area contributed by atoms with E-state index in [0.29, 0.717) is 5.56 Å². The van der Waals surface area contributed by atoms with Gasteiger partial charge in [0, 0.05) is 6.04 Å². The van der Waals surface area contributed by atoms with Gasteiger partial charge in [-0.3, -0.25) is 4.79 Å². The first-order valence-corrected chi connectivity index (χ1v) is 7.89. The molecule has 19 heavy (non-hydrogen) atoms. The van der Waals surface area contributed by atoms with Crippen molar-refractivity contribution in [3.8, 4) is 0 Å². The first-order valence-electron chi connectivity index (χ1n) is 6.06. The van der Waals surface area contributed by atoms with Crippen molar-refractivity contribution >= 4 is 15.7 Å². The van der Waals surface area contributed by atoms with Crippen molar-refractivity contribution in [1.82, 2.24) is 5.32 Å². The maximum absolute atomic E-state index is 12.7. The van der Waals surface area contributed by atoms with Crippen LogP contribution in [0.15, 0.2) is 24.3 Å². The Morgan fingerprint density at radius 2 is 1.89 bits per heavy atom. The minimum atomic E-state index is -3.54. The summed E-state index contributed by atoms with van der Waals surface area (Å²) >= 11 is 0. The normalized spacial score (nSPS) is 13.0. The van der Waals surface area contributed by atoms with Crippen molar-refractivity contribution < 1.29 is 17.6 Å². The maximum Gasteiger partial charge on any atom is 0.235 e. The zero-order chi connectivity index (χ0) is 14.5. The zero-order valence-corrected chi connectivity index (χ0v) is 11.8. The molecule has 4 nitrogen and oxygen atoms in total. The van der Waals surface area contributed by atoms with E-state index in [9.17, 15) is 17.6 Å². The molecular formula is C13H18FNO3S. The van der Waals surface area contributed by atoms with E-state index in [1.807, 2.05) is 13.8 Å². The number of benzene rings is 1. The number of nitrogens with one attached hydrogen (secondary N) is 1. The molecule has 0 saturated heterocycles. The van der Waals surface area contributed by atoms with Crippen molar-refractivity contribution in [3.63, 3.8) is 0 Å². The minimum absolute atomic E-state index is 0.0477. The smallest absolute Gasteiger partial charge is 0.235 e. The highest BCUT2D eigenvalue weighted by Crippen LogP contribution is 2.08. The fraction of sp³-hybridized carbons (Fsp3) is 0.462. The molecule has 0 aliphatic heterocycles. The topological polar surface area (TPSA) is 63.2 Å². The van der Waals surface area contributed by atoms with Gasteiger partial charge in [-0.1, -0.05) is 19.1 Å². The average Bonchev–Trinajstić information content (AvgIpc) is 2.30. The Morgan fingerprint density at radius 3 is 2.42 bits per heavy atom. The third-order valence-electron chi connectivity index (χ3n) is 2.67. The third kappa shape index (κ3) is 5.83. The molecule has 1 aromatic carbocycles. The van der Waals surface area contributed by atoms with Crippen LogP contribution in [-0.4, -0.2) is 26.1 Å². The Bertz CT molecular complexity index is 525. The molecule has 0 spiro atoms. The first kappa shape index (κ1) is 15.6. The van der Waals surface area contributed by atoms with Crippen LogP contribution in [0.1, 0.15) is 25.8 Å². The summed E-state index contributed by atoms with van der Waals surface area (Å²) in [6, 6.07) is 5.15. The van der Waals surface area contributed by atoms with Gasteiger partial charge >= 0.3 is 0 Å². The number of hydrogen-bond donors (Lipinski definition) is 1. The molecule has 1 atom stereocenters. The van der Waals surface area contributed by atoms with E-state index >= 15 is 0 Å². The Balaban J connectivity index is 2.61. The van der Waals surface area contributed by atoms with Gasteiger partial charge in [-0.15, -0.1) is 0 Å². The molecule has 106 valence electrons. The van der Waals surface area contributed by atoms with Gasteiger partial charge in [-0.05, 0) is 31.0 Å². The summed E-state index contributed by atoms with van der Waals surface area (Å²) in [5, 5.41) is 2.60. The van der Waals surface area contributed by atoms with Crippen molar-refractivity contribution in [3.05, 3.63) is 35.6 Å². The van der Waals surface area contributed by atoms with E-state index in [4.69, 9.17) is 0 Å². The van der Waals surface area contributed by atoms with Crippen molar-refractivity contribution in [2.24, 2.45) is 0 Å². The molecule has 1 amide bonds. The van der Waals surface area contributed by atoms with Gasteiger partial charge in [0.15, 0.2) is 9.84 Å². The highest BCUT2D eigenvalue weighted by atomic mass is 32.2. The molecule has 0 aromatic heterocycles. The Labute approximate surface area is 112 Å². The predicted molar refractivity (Wildman–Crippen MR) is 71.8 cm³/mol. The maximum atomic E-state index is 12.7. The van der Waals surface area contributed by atoms with Gasteiger partial charge in [0.1, 0.15) is 11.6 Å². The number of halogens is 1. The summed E-state index contributed by atoms with van der Waals surface area (Å²) in [5.74, 6) is -1.73. The van der Waals surface area contributed by atoms with Gasteiger partial charge in [-0.25, -0.2) is 12.8 Å². The van der Waals surface area contributed by atoms with Crippen LogP contribution in [0.2, 0.25) is 0 Å². The van der Waals surface area contributed by atoms with Crippen LogP contribution in [0.3, 0.4) is 0 Å². The lowest BCUT2D eigenvalue weighted by molar-refractivity contribution is -0.119. The summed E-state index contributed by atoms with van der Waals surface area (Å²) in [5.41, 5.74) is 0.470. The lowest BCUT2D eigenvalue weighted by Gasteiger charge is -2.11. The fourth-order valence-electron chi connectivity index (χ4n) is 1.50. The Hall–Kier alpha value is -1.43. The fourth-order valence-corrected chi connectivity index (χ4v) is 2.79. The van der Waals surface area contributed by atoms with Crippen LogP contribution in [0.4, 0.5) is 4.39 Å². The average molecular weight is 287 g/mol. The number of rotatable bonds is 6. The van der Waals surface area contributed by atoms with E-state index in [1.165, 1.54) is 24.3 Å². The van der Waals surface area contributed by atoms with Crippen LogP contribution >= 0.6 is 0 Å². The number of amides is 1. The monoisotopic (exact) mass is 287 g/mol. The molecule has 0 aliphatic rings. The van der Waals surface area contributed by atoms with Crippen LogP contribution in [0, 0.1) is 5.82 Å². The Morgan fingerprint density at radius 1 is 1.32 bits per heavy atom. The molecule has 1 aromatic rings. The Kier molecular flexibility index (Phi) is 5.47. The first-order chi connectivity index (χ1) is 8.82. The van der Waals surface area contributed by atoms with E-state index in [1.54, 1.807) is 0 Å². The molecule has 6 heteroatoms. The van der Waals surface area contributed by atoms with Gasteiger partial charge in [0.2, 0.25) is 5.91 Å². The minimum Gasteiger partial charge on any atom is -0.353 e. The molecular weight excluding hydrogens is 269 g/mol. The highest BCUT2D eigenvalue weighted by molar-refractivity contribution is 7.91. The summed E-state index contributed by atoms with van der Waals surface area (Å²) in [6.45, 7) is 3.71. The SMILES string of the molecule is CC[C@H](C)NC(=O)CS(=O)(=O)Cc1ccc(F)cc1. The van der Waals surface area contributed by atoms with E-state index in [2.05, 4.69) is 5.32 Å². The van der Waals surface area contributed by atoms with E-state index < -0.39 is 27.3 Å². The summed E-state index contributed by atoms with van der Waals surface area (Å²) in [6.07, 6.45) is 0.740. The van der Waals surface area contributed by atoms with Crippen molar-refractivity contribution in [1.29, 1.82) is 0 Å². The van der Waals surface area contributed by atoms with Crippen molar-refractivity contribution in [2.75, 3.05) is 5.75 Å². The van der Waals surface area contributed by atoms with Gasteiger partial charge < -0.3 is 5.32 Å². The molecule has 0 aliphatic carbocycles. The quantitative estimate of drug-likeness (QED) is 0.865. The largest absolute Gasteiger partial charge is 0.353 e. The second-order valence-electron chi connectivity index (χ2n) is 4.54. The molecule has 0 radical (unpaired) electrons. The summed E-state index contributed by atoms with van der Waals surface area (Å²) < 4.78 is 36.3. The number of carbonyl (C=O) groups is 1. The summed E-state index contributed by atoms with van der Waals surface area (Å²) in [7, 11) is -3.54. The number of carbonyl (C=O) groups excluding carboxylic acids is 1. The highest BCUT2D eigenvalue weighted by Gasteiger charge is 2.18. The van der Waals surface area contributed by atoms with Gasteiger partial charge in [0.05, 0.1) is 5.75 Å². The molecule has 0 heterocycles. The third-order valence-corrected chi connectivity index (χ3v) is 4.15. The van der Waals surface area contributed by atoms with E-state index in [0.717, 1.165) is 6.42 Å². The lowest BCUT2D eigenvalue weighted by Crippen LogP contribution is -2.36. The zero-order valence-electron chi connectivity index (χ0n) is 11.0. The number of hydrogen-bond acceptors (Lipinski definition) is 3. The predicted octanol–water partition coefficient (Wildman–Crippen LogP) is 1.66. The van der Waals surface area contributed by atoms with Crippen LogP contribution in [0.5, 0.6) is 0 Å². The summed E-state index contributed by atoms with van der Waals surface area (Å²) in [4.78, 5) is 11.5. The molecule has 0 saturated carbocycles. The molecule has 0 bridgehead atoms. The van der Waals surface area contributed by atoms with Crippen LogP contribution < -0.4 is 5.32 Å².